The van der Waals surface area contributed by atoms with Crippen molar-refractivity contribution in [1.29, 1.82) is 0 Å². The molecule has 1 aliphatic heterocycles. The Morgan fingerprint density at radius 3 is 2.06 bits per heavy atom. The van der Waals surface area contributed by atoms with E-state index in [1.54, 1.807) is 7.05 Å². The topological polar surface area (TPSA) is 58.1 Å². The van der Waals surface area contributed by atoms with Crippen LogP contribution in [0.25, 0.3) is 22.5 Å². The van der Waals surface area contributed by atoms with Crippen molar-refractivity contribution in [1.82, 2.24) is 15.3 Å². The van der Waals surface area contributed by atoms with E-state index in [0.29, 0.717) is 6.42 Å². The molecule has 2 heterocycles. The molecule has 0 atom stereocenters. The van der Waals surface area contributed by atoms with E-state index < -0.39 is 0 Å². The van der Waals surface area contributed by atoms with Gasteiger partial charge in [-0.25, -0.2) is 9.97 Å². The van der Waals surface area contributed by atoms with E-state index in [4.69, 9.17) is 9.97 Å². The molecule has 2 aromatic carbocycles. The number of unbranched alkanes of at least 4 members (excludes halogenated alkanes) is 3. The summed E-state index contributed by atoms with van der Waals surface area (Å²) in [4.78, 5) is 24.3. The molecule has 1 aromatic heterocycles. The highest BCUT2D eigenvalue weighted by molar-refractivity contribution is 5.80. The van der Waals surface area contributed by atoms with E-state index in [-0.39, 0.29) is 5.91 Å². The van der Waals surface area contributed by atoms with Crippen LogP contribution in [0.2, 0.25) is 0 Å². The van der Waals surface area contributed by atoms with Crippen LogP contribution in [-0.4, -0.2) is 36.0 Å². The van der Waals surface area contributed by atoms with Crippen molar-refractivity contribution < 1.29 is 4.79 Å². The molecule has 0 saturated heterocycles. The Morgan fingerprint density at radius 2 is 1.44 bits per heavy atom. The number of fused-ring (bicyclic) bond motifs is 1. The van der Waals surface area contributed by atoms with Gasteiger partial charge in [0.1, 0.15) is 0 Å². The van der Waals surface area contributed by atoms with E-state index in [1.807, 2.05) is 0 Å². The molecule has 0 bridgehead atoms. The predicted octanol–water partition coefficient (Wildman–Crippen LogP) is 5.88. The van der Waals surface area contributed by atoms with E-state index >= 15 is 0 Å². The second-order valence-corrected chi connectivity index (χ2v) is 9.35. The molecule has 0 spiro atoms. The fourth-order valence-corrected chi connectivity index (χ4v) is 4.54. The lowest BCUT2D eigenvalue weighted by Gasteiger charge is -2.30. The minimum absolute atomic E-state index is 0.133. The number of rotatable bonds is 9. The van der Waals surface area contributed by atoms with Crippen molar-refractivity contribution >= 4 is 11.7 Å². The highest BCUT2D eigenvalue weighted by Crippen LogP contribution is 2.35. The Kier molecular flexibility index (Phi) is 7.94. The van der Waals surface area contributed by atoms with Gasteiger partial charge in [0.25, 0.3) is 0 Å². The van der Waals surface area contributed by atoms with Crippen LogP contribution < -0.4 is 10.2 Å². The number of hydrogen-bond donors (Lipinski definition) is 1. The number of hydrogen-bond acceptors (Lipinski definition) is 4. The number of aryl methyl sites for hydroxylation is 3. The number of amides is 1. The first kappa shape index (κ1) is 23.9. The minimum atomic E-state index is 0.133. The largest absolute Gasteiger partial charge is 0.359 e. The van der Waals surface area contributed by atoms with Crippen LogP contribution in [-0.2, 0) is 11.2 Å². The molecule has 0 saturated carbocycles. The van der Waals surface area contributed by atoms with Crippen molar-refractivity contribution in [2.75, 3.05) is 25.0 Å². The number of nitrogens with zero attached hydrogens (tertiary/aromatic N) is 3. The molecule has 1 amide bonds. The van der Waals surface area contributed by atoms with Crippen molar-refractivity contribution in [3.8, 4) is 22.5 Å². The Bertz CT molecular complexity index is 1110. The Labute approximate surface area is 203 Å². The van der Waals surface area contributed by atoms with Crippen LogP contribution in [0, 0.1) is 13.8 Å². The predicted molar refractivity (Wildman–Crippen MR) is 140 cm³/mol. The molecule has 3 aromatic rings. The maximum Gasteiger partial charge on any atom is 0.219 e. The summed E-state index contributed by atoms with van der Waals surface area (Å²) < 4.78 is 0. The first-order valence-electron chi connectivity index (χ1n) is 12.6. The van der Waals surface area contributed by atoms with E-state index in [0.717, 1.165) is 85.6 Å². The van der Waals surface area contributed by atoms with Crippen LogP contribution in [0.15, 0.2) is 48.5 Å². The van der Waals surface area contributed by atoms with Crippen LogP contribution in [0.1, 0.15) is 55.3 Å². The first-order valence-corrected chi connectivity index (χ1v) is 12.6. The lowest BCUT2D eigenvalue weighted by atomic mass is 10.0. The lowest BCUT2D eigenvalue weighted by Crippen LogP contribution is -2.32. The molecule has 1 aliphatic rings. The molecule has 4 rings (SSSR count). The monoisotopic (exact) mass is 456 g/mol. The first-order chi connectivity index (χ1) is 16.5. The van der Waals surface area contributed by atoms with Crippen molar-refractivity contribution in [3.05, 3.63) is 65.4 Å². The maximum atomic E-state index is 11.4. The number of anilines is 1. The average molecular weight is 457 g/mol. The lowest BCUT2D eigenvalue weighted by molar-refractivity contribution is -0.120. The second kappa shape index (κ2) is 11.3. The molecule has 1 N–H and O–H groups in total. The number of nitrogens with one attached hydrogen (secondary N) is 1. The van der Waals surface area contributed by atoms with Gasteiger partial charge in [-0.2, -0.15) is 0 Å². The molecule has 0 radical (unpaired) electrons. The van der Waals surface area contributed by atoms with Crippen molar-refractivity contribution in [2.45, 2.75) is 58.8 Å². The molecule has 0 unspecified atom stereocenters. The smallest absolute Gasteiger partial charge is 0.219 e. The maximum absolute atomic E-state index is 11.4. The van der Waals surface area contributed by atoms with Gasteiger partial charge in [0, 0.05) is 37.7 Å². The summed E-state index contributed by atoms with van der Waals surface area (Å²) in [5, 5.41) is 2.70. The summed E-state index contributed by atoms with van der Waals surface area (Å²) in [6.07, 6.45) is 6.97. The fourth-order valence-electron chi connectivity index (χ4n) is 4.54. The summed E-state index contributed by atoms with van der Waals surface area (Å²) >= 11 is 0. The molecule has 0 fully saturated rings. The number of benzene rings is 2. The van der Waals surface area contributed by atoms with Gasteiger partial charge in [-0.3, -0.25) is 4.79 Å². The van der Waals surface area contributed by atoms with Gasteiger partial charge in [-0.1, -0.05) is 72.5 Å². The molecular formula is C29H36N4O. The third-order valence-corrected chi connectivity index (χ3v) is 6.60. The summed E-state index contributed by atoms with van der Waals surface area (Å²) in [5.74, 6) is 1.18. The molecule has 0 aliphatic carbocycles. The highest BCUT2D eigenvalue weighted by atomic mass is 16.1. The molecular weight excluding hydrogens is 420 g/mol. The molecule has 5 nitrogen and oxygen atoms in total. The molecule has 178 valence electrons. The van der Waals surface area contributed by atoms with Gasteiger partial charge < -0.3 is 10.2 Å². The number of aromatic nitrogens is 2. The SMILES string of the molecule is CNC(=O)CCCCCCN1CCCc2nc(-c3ccc(C)cc3)c(-c3ccc(C)cc3)nc21. The zero-order valence-corrected chi connectivity index (χ0v) is 20.7. The number of carbonyl (C=O) groups excluding carboxylic acids is 1. The van der Waals surface area contributed by atoms with E-state index in [1.165, 1.54) is 11.1 Å². The van der Waals surface area contributed by atoms with Crippen molar-refractivity contribution in [2.24, 2.45) is 0 Å². The summed E-state index contributed by atoms with van der Waals surface area (Å²) in [7, 11) is 1.70. The van der Waals surface area contributed by atoms with Gasteiger partial charge in [0.15, 0.2) is 5.82 Å². The van der Waals surface area contributed by atoms with Gasteiger partial charge >= 0.3 is 0 Å². The van der Waals surface area contributed by atoms with Crippen LogP contribution in [0.4, 0.5) is 5.82 Å². The van der Waals surface area contributed by atoms with Gasteiger partial charge in [0.2, 0.25) is 5.91 Å². The number of carbonyl (C=O) groups is 1. The van der Waals surface area contributed by atoms with Crippen LogP contribution in [0.5, 0.6) is 0 Å². The van der Waals surface area contributed by atoms with E-state index in [2.05, 4.69) is 72.6 Å². The summed E-state index contributed by atoms with van der Waals surface area (Å²) in [6, 6.07) is 17.2. The standard InChI is InChI=1S/C29H36N4O/c1-21-11-15-23(16-12-21)27-28(24-17-13-22(2)14-18-24)32-29-25(31-27)9-8-20-33(29)19-7-5-4-6-10-26(34)30-3/h11-18H,4-10,19-20H2,1-3H3,(H,30,34). The third kappa shape index (κ3) is 5.82. The average Bonchev–Trinajstić information content (AvgIpc) is 2.86. The van der Waals surface area contributed by atoms with Gasteiger partial charge in [-0.05, 0) is 39.5 Å². The third-order valence-electron chi connectivity index (χ3n) is 6.60. The van der Waals surface area contributed by atoms with Gasteiger partial charge in [-0.15, -0.1) is 0 Å². The van der Waals surface area contributed by atoms with Gasteiger partial charge in [0.05, 0.1) is 17.1 Å². The minimum Gasteiger partial charge on any atom is -0.359 e. The normalized spacial score (nSPS) is 13.0. The fraction of sp³-hybridized carbons (Fsp3) is 0.414. The van der Waals surface area contributed by atoms with E-state index in [9.17, 15) is 4.79 Å². The van der Waals surface area contributed by atoms with Crippen molar-refractivity contribution in [3.63, 3.8) is 0 Å². The Hall–Kier alpha value is -3.21. The van der Waals surface area contributed by atoms with Crippen LogP contribution >= 0.6 is 0 Å². The van der Waals surface area contributed by atoms with Crippen LogP contribution in [0.3, 0.4) is 0 Å². The zero-order valence-electron chi connectivity index (χ0n) is 20.7. The summed E-state index contributed by atoms with van der Waals surface area (Å²) in [5.41, 5.74) is 7.75. The Balaban J connectivity index is 1.57. The highest BCUT2D eigenvalue weighted by Gasteiger charge is 2.23. The second-order valence-electron chi connectivity index (χ2n) is 9.35. The Morgan fingerprint density at radius 1 is 0.853 bits per heavy atom. The quantitative estimate of drug-likeness (QED) is 0.409. The summed E-state index contributed by atoms with van der Waals surface area (Å²) in [6.45, 7) is 6.23. The molecule has 34 heavy (non-hydrogen) atoms. The molecule has 5 heteroatoms. The zero-order chi connectivity index (χ0) is 23.9.